The van der Waals surface area contributed by atoms with E-state index in [1.54, 1.807) is 30.2 Å². The Hall–Kier alpha value is -2.12. The lowest BCUT2D eigenvalue weighted by atomic mass is 10.2. The summed E-state index contributed by atoms with van der Waals surface area (Å²) in [7, 11) is 0. The van der Waals surface area contributed by atoms with Crippen molar-refractivity contribution in [3.63, 3.8) is 0 Å². The first-order chi connectivity index (χ1) is 12.2. The Labute approximate surface area is 157 Å². The Balaban J connectivity index is 1.58. The predicted octanol–water partition coefficient (Wildman–Crippen LogP) is 4.39. The van der Waals surface area contributed by atoms with Crippen molar-refractivity contribution in [1.82, 2.24) is 15.0 Å². The average Bonchev–Trinajstić information content (AvgIpc) is 3.32. The number of hydrogen-bond donors (Lipinski definition) is 0. The van der Waals surface area contributed by atoms with Crippen molar-refractivity contribution in [2.75, 3.05) is 12.3 Å². The van der Waals surface area contributed by atoms with Gasteiger partial charge in [0.15, 0.2) is 11.5 Å². The molecule has 3 aromatic rings. The molecule has 7 heteroatoms. The number of halogens is 1. The minimum absolute atomic E-state index is 0.000794. The largest absolute Gasteiger partial charge is 0.355 e. The molecule has 0 aliphatic carbocycles. The molecule has 1 fully saturated rings. The maximum absolute atomic E-state index is 12.9. The highest BCUT2D eigenvalue weighted by molar-refractivity contribution is 9.10. The second kappa shape index (κ2) is 7.01. The van der Waals surface area contributed by atoms with Gasteiger partial charge in [0.25, 0.3) is 5.91 Å². The van der Waals surface area contributed by atoms with Crippen LogP contribution in [0, 0.1) is 0 Å². The molecular formula is C18H14BrN3O2S. The number of carbonyl (C=O) groups is 1. The summed E-state index contributed by atoms with van der Waals surface area (Å²) in [5.74, 6) is 1.33. The van der Waals surface area contributed by atoms with Gasteiger partial charge in [-0.2, -0.15) is 0 Å². The van der Waals surface area contributed by atoms with E-state index in [2.05, 4.69) is 26.1 Å². The topological polar surface area (TPSA) is 59.2 Å². The zero-order valence-electron chi connectivity index (χ0n) is 13.1. The number of nitrogens with zero attached hydrogens (tertiary/aromatic N) is 3. The lowest BCUT2D eigenvalue weighted by Gasteiger charge is -2.23. The summed E-state index contributed by atoms with van der Waals surface area (Å²) in [5.41, 5.74) is 2.23. The van der Waals surface area contributed by atoms with Crippen LogP contribution in [0.5, 0.6) is 0 Å². The summed E-state index contributed by atoms with van der Waals surface area (Å²) >= 11 is 5.20. The van der Waals surface area contributed by atoms with Crippen molar-refractivity contribution in [3.8, 4) is 11.3 Å². The molecule has 0 radical (unpaired) electrons. The van der Waals surface area contributed by atoms with E-state index in [0.29, 0.717) is 18.0 Å². The fraction of sp³-hybridized carbons (Fsp3) is 0.167. The first kappa shape index (κ1) is 16.4. The van der Waals surface area contributed by atoms with E-state index >= 15 is 0 Å². The third-order valence-corrected chi connectivity index (χ3v) is 5.77. The van der Waals surface area contributed by atoms with Crippen molar-refractivity contribution in [1.29, 1.82) is 0 Å². The third-order valence-electron chi connectivity index (χ3n) is 3.98. The molecule has 4 rings (SSSR count). The molecule has 1 saturated heterocycles. The van der Waals surface area contributed by atoms with Crippen molar-refractivity contribution < 1.29 is 9.32 Å². The number of carbonyl (C=O) groups excluding carboxylic acids is 1. The smallest absolute Gasteiger partial charge is 0.277 e. The Morgan fingerprint density at radius 2 is 2.12 bits per heavy atom. The quantitative estimate of drug-likeness (QED) is 0.634. The zero-order valence-corrected chi connectivity index (χ0v) is 15.5. The normalized spacial score (nSPS) is 17.0. The summed E-state index contributed by atoms with van der Waals surface area (Å²) in [6.07, 6.45) is 3.38. The summed E-state index contributed by atoms with van der Waals surface area (Å²) in [5, 5.41) is 3.97. The van der Waals surface area contributed by atoms with Crippen LogP contribution in [0.25, 0.3) is 11.3 Å². The first-order valence-electron chi connectivity index (χ1n) is 7.77. The molecule has 2 aromatic heterocycles. The molecule has 3 heterocycles. The van der Waals surface area contributed by atoms with Crippen LogP contribution in [-0.2, 0) is 0 Å². The van der Waals surface area contributed by atoms with Crippen LogP contribution in [0.2, 0.25) is 0 Å². The molecular weight excluding hydrogens is 402 g/mol. The van der Waals surface area contributed by atoms with E-state index in [1.165, 1.54) is 0 Å². The van der Waals surface area contributed by atoms with Gasteiger partial charge in [0.1, 0.15) is 5.37 Å². The highest BCUT2D eigenvalue weighted by atomic mass is 79.9. The molecule has 1 aliphatic rings. The van der Waals surface area contributed by atoms with E-state index in [9.17, 15) is 4.79 Å². The fourth-order valence-electron chi connectivity index (χ4n) is 2.75. The number of aromatic nitrogens is 2. The average molecular weight is 416 g/mol. The fourth-order valence-corrected chi connectivity index (χ4v) is 4.27. The standard InChI is InChI=1S/C18H14BrN3O2S/c19-14-5-3-12(4-6-14)18-22(8-9-25-18)17(23)15-10-16(24-21-15)13-2-1-7-20-11-13/h1-7,10-11,18H,8-9H2. The van der Waals surface area contributed by atoms with Crippen LogP contribution in [0.1, 0.15) is 21.4 Å². The Kier molecular flexibility index (Phi) is 4.59. The highest BCUT2D eigenvalue weighted by Gasteiger charge is 2.32. The number of benzene rings is 1. The van der Waals surface area contributed by atoms with Gasteiger partial charge in [0, 0.05) is 40.8 Å². The van der Waals surface area contributed by atoms with Crippen molar-refractivity contribution >= 4 is 33.6 Å². The lowest BCUT2D eigenvalue weighted by molar-refractivity contribution is 0.0750. The van der Waals surface area contributed by atoms with Crippen LogP contribution in [-0.4, -0.2) is 33.2 Å². The van der Waals surface area contributed by atoms with E-state index in [0.717, 1.165) is 21.4 Å². The van der Waals surface area contributed by atoms with Crippen LogP contribution >= 0.6 is 27.7 Å². The Morgan fingerprint density at radius 3 is 2.88 bits per heavy atom. The van der Waals surface area contributed by atoms with E-state index in [4.69, 9.17) is 4.52 Å². The van der Waals surface area contributed by atoms with Crippen molar-refractivity contribution in [3.05, 3.63) is 70.6 Å². The second-order valence-electron chi connectivity index (χ2n) is 5.59. The molecule has 126 valence electrons. The maximum atomic E-state index is 12.9. The predicted molar refractivity (Wildman–Crippen MR) is 100 cm³/mol. The zero-order chi connectivity index (χ0) is 17.2. The first-order valence-corrected chi connectivity index (χ1v) is 9.62. The number of amides is 1. The van der Waals surface area contributed by atoms with E-state index < -0.39 is 0 Å². The summed E-state index contributed by atoms with van der Waals surface area (Å²) in [6.45, 7) is 0.694. The number of rotatable bonds is 3. The highest BCUT2D eigenvalue weighted by Crippen LogP contribution is 2.39. The van der Waals surface area contributed by atoms with Crippen LogP contribution < -0.4 is 0 Å². The van der Waals surface area contributed by atoms with Crippen LogP contribution in [0.4, 0.5) is 0 Å². The van der Waals surface area contributed by atoms with Gasteiger partial charge in [-0.25, -0.2) is 0 Å². The third kappa shape index (κ3) is 3.34. The number of pyridine rings is 1. The second-order valence-corrected chi connectivity index (χ2v) is 7.70. The molecule has 1 aliphatic heterocycles. The SMILES string of the molecule is O=C(c1cc(-c2cccnc2)on1)N1CCSC1c1ccc(Br)cc1. The van der Waals surface area contributed by atoms with Gasteiger partial charge >= 0.3 is 0 Å². The van der Waals surface area contributed by atoms with Gasteiger partial charge in [0.05, 0.1) is 0 Å². The molecule has 1 amide bonds. The summed E-state index contributed by atoms with van der Waals surface area (Å²) in [4.78, 5) is 18.8. The van der Waals surface area contributed by atoms with Gasteiger partial charge in [-0.1, -0.05) is 33.2 Å². The van der Waals surface area contributed by atoms with Crippen molar-refractivity contribution in [2.24, 2.45) is 0 Å². The molecule has 0 bridgehead atoms. The minimum atomic E-state index is -0.114. The van der Waals surface area contributed by atoms with E-state index in [-0.39, 0.29) is 11.3 Å². The van der Waals surface area contributed by atoms with Gasteiger partial charge < -0.3 is 9.42 Å². The minimum Gasteiger partial charge on any atom is -0.355 e. The van der Waals surface area contributed by atoms with Crippen molar-refractivity contribution in [2.45, 2.75) is 5.37 Å². The molecule has 0 saturated carbocycles. The molecule has 1 atom stereocenters. The van der Waals surface area contributed by atoms with Crippen LogP contribution in [0.15, 0.2) is 63.9 Å². The number of hydrogen-bond acceptors (Lipinski definition) is 5. The van der Waals surface area contributed by atoms with Gasteiger partial charge in [-0.3, -0.25) is 9.78 Å². The van der Waals surface area contributed by atoms with Gasteiger partial charge in [0.2, 0.25) is 0 Å². The summed E-state index contributed by atoms with van der Waals surface area (Å²) in [6, 6.07) is 13.4. The van der Waals surface area contributed by atoms with Gasteiger partial charge in [-0.05, 0) is 29.8 Å². The summed E-state index contributed by atoms with van der Waals surface area (Å²) < 4.78 is 6.36. The molecule has 25 heavy (non-hydrogen) atoms. The molecule has 1 aromatic carbocycles. The molecule has 0 spiro atoms. The molecule has 0 N–H and O–H groups in total. The maximum Gasteiger partial charge on any atom is 0.277 e. The lowest BCUT2D eigenvalue weighted by Crippen LogP contribution is -2.30. The Bertz CT molecular complexity index is 883. The van der Waals surface area contributed by atoms with Gasteiger partial charge in [-0.15, -0.1) is 11.8 Å². The monoisotopic (exact) mass is 415 g/mol. The molecule has 5 nitrogen and oxygen atoms in total. The molecule has 1 unspecified atom stereocenters. The Morgan fingerprint density at radius 1 is 1.28 bits per heavy atom. The van der Waals surface area contributed by atoms with E-state index in [1.807, 2.05) is 41.3 Å². The number of thioether (sulfide) groups is 1. The van der Waals surface area contributed by atoms with Crippen LogP contribution in [0.3, 0.4) is 0 Å².